The SMILES string of the molecule is C=C(Cl)CNCc1cccc(OC)c1OC(F)F. The number of methoxy groups -OCH3 is 1. The molecule has 1 aromatic carbocycles. The fourth-order valence-corrected chi connectivity index (χ4v) is 1.51. The van der Waals surface area contributed by atoms with Crippen molar-refractivity contribution < 1.29 is 18.3 Å². The summed E-state index contributed by atoms with van der Waals surface area (Å²) >= 11 is 5.59. The normalized spacial score (nSPS) is 10.5. The predicted molar refractivity (Wildman–Crippen MR) is 66.3 cm³/mol. The lowest BCUT2D eigenvalue weighted by molar-refractivity contribution is -0.0518. The Bertz CT molecular complexity index is 413. The summed E-state index contributed by atoms with van der Waals surface area (Å²) in [5.74, 6) is 0.294. The Morgan fingerprint density at radius 3 is 2.78 bits per heavy atom. The molecule has 0 saturated carbocycles. The topological polar surface area (TPSA) is 30.5 Å². The van der Waals surface area contributed by atoms with E-state index in [1.54, 1.807) is 18.2 Å². The van der Waals surface area contributed by atoms with Crippen molar-refractivity contribution in [2.24, 2.45) is 0 Å². The molecule has 0 spiro atoms. The molecule has 0 aromatic heterocycles. The Balaban J connectivity index is 2.84. The van der Waals surface area contributed by atoms with Crippen LogP contribution in [-0.2, 0) is 6.54 Å². The van der Waals surface area contributed by atoms with Gasteiger partial charge in [0.05, 0.1) is 7.11 Å². The van der Waals surface area contributed by atoms with Gasteiger partial charge in [0.2, 0.25) is 0 Å². The van der Waals surface area contributed by atoms with Crippen molar-refractivity contribution in [3.63, 3.8) is 0 Å². The molecular weight excluding hydrogens is 264 g/mol. The minimum atomic E-state index is -2.90. The van der Waals surface area contributed by atoms with E-state index in [1.165, 1.54) is 7.11 Å². The largest absolute Gasteiger partial charge is 0.493 e. The molecule has 0 aliphatic carbocycles. The van der Waals surface area contributed by atoms with Crippen LogP contribution in [0.2, 0.25) is 0 Å². The van der Waals surface area contributed by atoms with Crippen molar-refractivity contribution in [2.45, 2.75) is 13.2 Å². The molecule has 0 atom stereocenters. The van der Waals surface area contributed by atoms with Gasteiger partial charge in [0, 0.05) is 23.7 Å². The number of alkyl halides is 2. The number of para-hydroxylation sites is 1. The van der Waals surface area contributed by atoms with E-state index < -0.39 is 6.61 Å². The van der Waals surface area contributed by atoms with Crippen LogP contribution >= 0.6 is 11.6 Å². The van der Waals surface area contributed by atoms with Gasteiger partial charge in [-0.2, -0.15) is 8.78 Å². The molecule has 6 heteroatoms. The van der Waals surface area contributed by atoms with Crippen LogP contribution in [0, 0.1) is 0 Å². The molecule has 0 radical (unpaired) electrons. The smallest absolute Gasteiger partial charge is 0.387 e. The van der Waals surface area contributed by atoms with Gasteiger partial charge in [-0.1, -0.05) is 30.3 Å². The molecule has 0 fully saturated rings. The minimum absolute atomic E-state index is 0.0303. The maximum absolute atomic E-state index is 12.3. The van der Waals surface area contributed by atoms with Crippen LogP contribution in [0.15, 0.2) is 29.8 Å². The van der Waals surface area contributed by atoms with Crippen molar-refractivity contribution in [2.75, 3.05) is 13.7 Å². The number of halogens is 3. The van der Waals surface area contributed by atoms with E-state index in [1.807, 2.05) is 0 Å². The molecule has 0 unspecified atom stereocenters. The van der Waals surface area contributed by atoms with E-state index in [2.05, 4.69) is 16.6 Å². The predicted octanol–water partition coefficient (Wildman–Crippen LogP) is 3.14. The maximum Gasteiger partial charge on any atom is 0.387 e. The molecule has 0 amide bonds. The Morgan fingerprint density at radius 1 is 1.50 bits per heavy atom. The summed E-state index contributed by atoms with van der Waals surface area (Å²) in [6.07, 6.45) is 0. The number of hydrogen-bond donors (Lipinski definition) is 1. The zero-order valence-electron chi connectivity index (χ0n) is 9.88. The lowest BCUT2D eigenvalue weighted by Crippen LogP contribution is -2.16. The number of ether oxygens (including phenoxy) is 2. The summed E-state index contributed by atoms with van der Waals surface area (Å²) in [4.78, 5) is 0. The first-order valence-electron chi connectivity index (χ1n) is 5.19. The lowest BCUT2D eigenvalue weighted by Gasteiger charge is -2.14. The van der Waals surface area contributed by atoms with Gasteiger partial charge in [-0.05, 0) is 6.07 Å². The molecule has 0 aliphatic heterocycles. The second kappa shape index (κ2) is 7.18. The minimum Gasteiger partial charge on any atom is -0.493 e. The van der Waals surface area contributed by atoms with Gasteiger partial charge in [-0.3, -0.25) is 0 Å². The number of nitrogens with one attached hydrogen (secondary N) is 1. The lowest BCUT2D eigenvalue weighted by atomic mass is 10.2. The first kappa shape index (κ1) is 14.7. The van der Waals surface area contributed by atoms with Gasteiger partial charge >= 0.3 is 6.61 Å². The van der Waals surface area contributed by atoms with E-state index in [4.69, 9.17) is 16.3 Å². The van der Waals surface area contributed by atoms with E-state index in [-0.39, 0.29) is 11.5 Å². The second-order valence-electron chi connectivity index (χ2n) is 3.45. The second-order valence-corrected chi connectivity index (χ2v) is 3.98. The van der Waals surface area contributed by atoms with Gasteiger partial charge in [0.15, 0.2) is 11.5 Å². The summed E-state index contributed by atoms with van der Waals surface area (Å²) in [6.45, 7) is 1.32. The standard InChI is InChI=1S/C12H14ClF2NO2/c1-8(13)6-16-7-9-4-3-5-10(17-2)11(9)18-12(14)15/h3-5,12,16H,1,6-7H2,2H3. The van der Waals surface area contributed by atoms with Crippen molar-refractivity contribution in [1.82, 2.24) is 5.32 Å². The molecule has 0 aliphatic rings. The molecule has 1 N–H and O–H groups in total. The average Bonchev–Trinajstić information content (AvgIpc) is 2.30. The van der Waals surface area contributed by atoms with E-state index in [0.717, 1.165) is 0 Å². The van der Waals surface area contributed by atoms with Gasteiger partial charge in [0.25, 0.3) is 0 Å². The van der Waals surface area contributed by atoms with Gasteiger partial charge < -0.3 is 14.8 Å². The van der Waals surface area contributed by atoms with Crippen LogP contribution in [0.5, 0.6) is 11.5 Å². The Hall–Kier alpha value is -1.33. The summed E-state index contributed by atoms with van der Waals surface area (Å²) in [7, 11) is 1.39. The van der Waals surface area contributed by atoms with Crippen molar-refractivity contribution in [3.8, 4) is 11.5 Å². The van der Waals surface area contributed by atoms with Crippen LogP contribution in [0.4, 0.5) is 8.78 Å². The van der Waals surface area contributed by atoms with Crippen LogP contribution in [0.3, 0.4) is 0 Å². The molecule has 18 heavy (non-hydrogen) atoms. The Morgan fingerprint density at radius 2 is 2.22 bits per heavy atom. The van der Waals surface area contributed by atoms with Crippen molar-refractivity contribution in [1.29, 1.82) is 0 Å². The highest BCUT2D eigenvalue weighted by Gasteiger charge is 2.14. The molecule has 0 bridgehead atoms. The van der Waals surface area contributed by atoms with Crippen LogP contribution in [0.25, 0.3) is 0 Å². The van der Waals surface area contributed by atoms with Gasteiger partial charge in [-0.15, -0.1) is 0 Å². The van der Waals surface area contributed by atoms with Gasteiger partial charge in [-0.25, -0.2) is 0 Å². The summed E-state index contributed by atoms with van der Waals surface area (Å²) < 4.78 is 34.1. The summed E-state index contributed by atoms with van der Waals surface area (Å²) in [5, 5.41) is 3.39. The highest BCUT2D eigenvalue weighted by molar-refractivity contribution is 6.29. The number of hydrogen-bond acceptors (Lipinski definition) is 3. The highest BCUT2D eigenvalue weighted by Crippen LogP contribution is 2.32. The number of benzene rings is 1. The van der Waals surface area contributed by atoms with Gasteiger partial charge in [0.1, 0.15) is 0 Å². The van der Waals surface area contributed by atoms with E-state index in [0.29, 0.717) is 23.7 Å². The summed E-state index contributed by atoms with van der Waals surface area (Å²) in [5.41, 5.74) is 0.563. The summed E-state index contributed by atoms with van der Waals surface area (Å²) in [6, 6.07) is 4.93. The molecule has 1 aromatic rings. The zero-order chi connectivity index (χ0) is 13.5. The molecule has 0 heterocycles. The molecule has 100 valence electrons. The van der Waals surface area contributed by atoms with Crippen LogP contribution in [0.1, 0.15) is 5.56 Å². The monoisotopic (exact) mass is 277 g/mol. The number of rotatable bonds is 7. The fourth-order valence-electron chi connectivity index (χ4n) is 1.42. The average molecular weight is 278 g/mol. The van der Waals surface area contributed by atoms with Crippen LogP contribution in [-0.4, -0.2) is 20.3 Å². The zero-order valence-corrected chi connectivity index (χ0v) is 10.6. The van der Waals surface area contributed by atoms with E-state index >= 15 is 0 Å². The Labute approximate surface area is 109 Å². The third-order valence-corrected chi connectivity index (χ3v) is 2.25. The molecule has 3 nitrogen and oxygen atoms in total. The highest BCUT2D eigenvalue weighted by atomic mass is 35.5. The molecule has 1 rings (SSSR count). The van der Waals surface area contributed by atoms with Crippen molar-refractivity contribution >= 4 is 11.6 Å². The van der Waals surface area contributed by atoms with Crippen LogP contribution < -0.4 is 14.8 Å². The first-order valence-corrected chi connectivity index (χ1v) is 5.57. The third kappa shape index (κ3) is 4.50. The quantitative estimate of drug-likeness (QED) is 0.830. The van der Waals surface area contributed by atoms with E-state index in [9.17, 15) is 8.78 Å². The maximum atomic E-state index is 12.3. The molecule has 0 saturated heterocycles. The fraction of sp³-hybridized carbons (Fsp3) is 0.333. The van der Waals surface area contributed by atoms with Crippen molar-refractivity contribution in [3.05, 3.63) is 35.4 Å². The first-order chi connectivity index (χ1) is 8.54. The Kier molecular flexibility index (Phi) is 5.88. The third-order valence-electron chi connectivity index (χ3n) is 2.12. The molecular formula is C12H14ClF2NO2.